The quantitative estimate of drug-likeness (QED) is 0.637. The summed E-state index contributed by atoms with van der Waals surface area (Å²) in [7, 11) is 1.65. The monoisotopic (exact) mass is 265 g/mol. The first-order valence-corrected chi connectivity index (χ1v) is 6.54. The summed E-state index contributed by atoms with van der Waals surface area (Å²) in [4.78, 5) is 16.7. The Balaban J connectivity index is 1.87. The summed E-state index contributed by atoms with van der Waals surface area (Å²) >= 11 is 1.57. The molecule has 0 saturated carbocycles. The minimum Gasteiger partial charge on any atom is -0.385 e. The summed E-state index contributed by atoms with van der Waals surface area (Å²) in [5.74, 6) is -0.101. The van der Waals surface area contributed by atoms with Crippen LogP contribution in [0, 0.1) is 0 Å². The van der Waals surface area contributed by atoms with Gasteiger partial charge in [0.1, 0.15) is 0 Å². The molecule has 2 heterocycles. The number of ether oxygens (including phenoxy) is 1. The van der Waals surface area contributed by atoms with Crippen LogP contribution in [0.1, 0.15) is 12.1 Å². The highest BCUT2D eigenvalue weighted by Gasteiger charge is 2.01. The van der Waals surface area contributed by atoms with E-state index in [0.717, 1.165) is 17.1 Å². The van der Waals surface area contributed by atoms with Crippen LogP contribution in [-0.2, 0) is 9.53 Å². The zero-order valence-corrected chi connectivity index (χ0v) is 10.9. The molecule has 96 valence electrons. The summed E-state index contributed by atoms with van der Waals surface area (Å²) in [6.45, 7) is 1.28. The SMILES string of the molecule is COCCCNC(=O)/C=C/c1cnc2sccn12. The van der Waals surface area contributed by atoms with Crippen molar-refractivity contribution >= 4 is 28.3 Å². The first-order chi connectivity index (χ1) is 8.81. The number of imidazole rings is 1. The predicted molar refractivity (Wildman–Crippen MR) is 71.6 cm³/mol. The van der Waals surface area contributed by atoms with E-state index in [-0.39, 0.29) is 5.91 Å². The van der Waals surface area contributed by atoms with Crippen LogP contribution in [0.3, 0.4) is 0 Å². The Kier molecular flexibility index (Phi) is 4.49. The minimum absolute atomic E-state index is 0.101. The van der Waals surface area contributed by atoms with Crippen molar-refractivity contribution in [2.75, 3.05) is 20.3 Å². The molecule has 0 aromatic carbocycles. The van der Waals surface area contributed by atoms with Crippen molar-refractivity contribution in [2.24, 2.45) is 0 Å². The maximum atomic E-state index is 11.5. The highest BCUT2D eigenvalue weighted by molar-refractivity contribution is 7.15. The van der Waals surface area contributed by atoms with Gasteiger partial charge in [0, 0.05) is 37.9 Å². The molecule has 1 amide bonds. The number of nitrogens with zero attached hydrogens (tertiary/aromatic N) is 2. The number of hydrogen-bond acceptors (Lipinski definition) is 4. The molecule has 0 aliphatic heterocycles. The van der Waals surface area contributed by atoms with Crippen molar-refractivity contribution in [3.05, 3.63) is 29.5 Å². The molecule has 2 aromatic heterocycles. The summed E-state index contributed by atoms with van der Waals surface area (Å²) in [6.07, 6.45) is 7.79. The number of carbonyl (C=O) groups is 1. The second-order valence-electron chi connectivity index (χ2n) is 3.71. The van der Waals surface area contributed by atoms with Crippen LogP contribution in [0.4, 0.5) is 0 Å². The van der Waals surface area contributed by atoms with Gasteiger partial charge in [-0.1, -0.05) is 0 Å². The molecule has 0 spiro atoms. The van der Waals surface area contributed by atoms with Gasteiger partial charge in [0.25, 0.3) is 0 Å². The fraction of sp³-hybridized carbons (Fsp3) is 0.333. The standard InChI is InChI=1S/C12H15N3O2S/c1-17-7-2-5-13-11(16)4-3-10-9-14-12-15(10)6-8-18-12/h3-4,6,8-9H,2,5,7H2,1H3,(H,13,16)/b4-3+. The Morgan fingerprint density at radius 3 is 3.39 bits per heavy atom. The molecular formula is C12H15N3O2S. The Hall–Kier alpha value is -1.66. The number of nitrogens with one attached hydrogen (secondary N) is 1. The van der Waals surface area contributed by atoms with Gasteiger partial charge in [-0.2, -0.15) is 0 Å². The van der Waals surface area contributed by atoms with Crippen LogP contribution >= 0.6 is 11.3 Å². The zero-order valence-electron chi connectivity index (χ0n) is 10.1. The summed E-state index contributed by atoms with van der Waals surface area (Å²) in [5.41, 5.74) is 0.901. The normalized spacial score (nSPS) is 11.4. The number of rotatable bonds is 6. The van der Waals surface area contributed by atoms with Gasteiger partial charge in [0.2, 0.25) is 5.91 Å². The molecule has 0 atom stereocenters. The second kappa shape index (κ2) is 6.32. The summed E-state index contributed by atoms with van der Waals surface area (Å²) in [5, 5.41) is 4.75. The highest BCUT2D eigenvalue weighted by atomic mass is 32.1. The molecule has 18 heavy (non-hydrogen) atoms. The fourth-order valence-corrected chi connectivity index (χ4v) is 2.21. The van der Waals surface area contributed by atoms with Gasteiger partial charge in [0.05, 0.1) is 11.9 Å². The van der Waals surface area contributed by atoms with Gasteiger partial charge in [-0.15, -0.1) is 11.3 Å². The van der Waals surface area contributed by atoms with Gasteiger partial charge in [-0.05, 0) is 12.5 Å². The van der Waals surface area contributed by atoms with Crippen molar-refractivity contribution in [2.45, 2.75) is 6.42 Å². The predicted octanol–water partition coefficient (Wildman–Crippen LogP) is 1.56. The van der Waals surface area contributed by atoms with E-state index < -0.39 is 0 Å². The van der Waals surface area contributed by atoms with Gasteiger partial charge in [-0.25, -0.2) is 4.98 Å². The number of aromatic nitrogens is 2. The molecule has 6 heteroatoms. The molecule has 0 aliphatic rings. The molecule has 0 fully saturated rings. The minimum atomic E-state index is -0.101. The Morgan fingerprint density at radius 2 is 2.56 bits per heavy atom. The van der Waals surface area contributed by atoms with Crippen molar-refractivity contribution in [1.82, 2.24) is 14.7 Å². The number of hydrogen-bond donors (Lipinski definition) is 1. The topological polar surface area (TPSA) is 55.6 Å². The van der Waals surface area contributed by atoms with Crippen molar-refractivity contribution in [3.8, 4) is 0 Å². The van der Waals surface area contributed by atoms with Gasteiger partial charge in [-0.3, -0.25) is 9.20 Å². The van der Waals surface area contributed by atoms with Crippen LogP contribution < -0.4 is 5.32 Å². The molecule has 5 nitrogen and oxygen atoms in total. The van der Waals surface area contributed by atoms with Crippen LogP contribution in [0.25, 0.3) is 11.0 Å². The maximum Gasteiger partial charge on any atom is 0.244 e. The largest absolute Gasteiger partial charge is 0.385 e. The average Bonchev–Trinajstić information content (AvgIpc) is 2.95. The Bertz CT molecular complexity index is 544. The van der Waals surface area contributed by atoms with E-state index in [1.165, 1.54) is 6.08 Å². The first kappa shape index (κ1) is 12.8. The molecule has 0 aliphatic carbocycles. The number of amides is 1. The van der Waals surface area contributed by atoms with E-state index in [4.69, 9.17) is 4.74 Å². The molecule has 0 bridgehead atoms. The average molecular weight is 265 g/mol. The van der Waals surface area contributed by atoms with Crippen molar-refractivity contribution in [1.29, 1.82) is 0 Å². The van der Waals surface area contributed by atoms with Crippen molar-refractivity contribution < 1.29 is 9.53 Å². The van der Waals surface area contributed by atoms with Gasteiger partial charge < -0.3 is 10.1 Å². The molecule has 2 aromatic rings. The van der Waals surface area contributed by atoms with E-state index in [2.05, 4.69) is 10.3 Å². The summed E-state index contributed by atoms with van der Waals surface area (Å²) in [6, 6.07) is 0. The van der Waals surface area contributed by atoms with E-state index in [1.54, 1.807) is 30.7 Å². The zero-order chi connectivity index (χ0) is 12.8. The molecule has 0 unspecified atom stereocenters. The van der Waals surface area contributed by atoms with Crippen LogP contribution in [0.2, 0.25) is 0 Å². The fourth-order valence-electron chi connectivity index (χ4n) is 1.52. The number of thiazole rings is 1. The lowest BCUT2D eigenvalue weighted by Crippen LogP contribution is -2.22. The third kappa shape index (κ3) is 3.18. The Labute approximate surface area is 109 Å². The summed E-state index contributed by atoms with van der Waals surface area (Å²) < 4.78 is 6.85. The van der Waals surface area contributed by atoms with Crippen LogP contribution in [-0.4, -0.2) is 35.6 Å². The lowest BCUT2D eigenvalue weighted by molar-refractivity contribution is -0.116. The lowest BCUT2D eigenvalue weighted by Gasteiger charge is -2.00. The maximum absolute atomic E-state index is 11.5. The van der Waals surface area contributed by atoms with E-state index in [9.17, 15) is 4.79 Å². The van der Waals surface area contributed by atoms with Crippen LogP contribution in [0.15, 0.2) is 23.8 Å². The van der Waals surface area contributed by atoms with E-state index >= 15 is 0 Å². The van der Waals surface area contributed by atoms with Crippen LogP contribution in [0.5, 0.6) is 0 Å². The van der Waals surface area contributed by atoms with E-state index in [1.807, 2.05) is 16.0 Å². The highest BCUT2D eigenvalue weighted by Crippen LogP contribution is 2.13. The third-order valence-electron chi connectivity index (χ3n) is 2.40. The lowest BCUT2D eigenvalue weighted by atomic mass is 10.3. The second-order valence-corrected chi connectivity index (χ2v) is 4.58. The van der Waals surface area contributed by atoms with Gasteiger partial charge >= 0.3 is 0 Å². The first-order valence-electron chi connectivity index (χ1n) is 5.66. The number of methoxy groups -OCH3 is 1. The number of carbonyl (C=O) groups excluding carboxylic acids is 1. The molecule has 0 saturated heterocycles. The van der Waals surface area contributed by atoms with E-state index in [0.29, 0.717) is 13.2 Å². The van der Waals surface area contributed by atoms with Crippen molar-refractivity contribution in [3.63, 3.8) is 0 Å². The molecule has 0 radical (unpaired) electrons. The third-order valence-corrected chi connectivity index (χ3v) is 3.18. The smallest absolute Gasteiger partial charge is 0.244 e. The molecular weight excluding hydrogens is 250 g/mol. The van der Waals surface area contributed by atoms with Gasteiger partial charge in [0.15, 0.2) is 4.96 Å². The Morgan fingerprint density at radius 1 is 1.67 bits per heavy atom. The molecule has 2 rings (SSSR count). The number of fused-ring (bicyclic) bond motifs is 1. The molecule has 1 N–H and O–H groups in total.